The number of hydrogen-bond donors (Lipinski definition) is 0. The molecule has 2 heterocycles. The van der Waals surface area contributed by atoms with Gasteiger partial charge in [0, 0.05) is 44.9 Å². The van der Waals surface area contributed by atoms with Crippen LogP contribution in [0.3, 0.4) is 0 Å². The summed E-state index contributed by atoms with van der Waals surface area (Å²) in [6, 6.07) is 30.4. The number of carbonyl (C=O) groups excluding carboxylic acids is 1. The molecular weight excluding hydrogens is 653 g/mol. The van der Waals surface area contributed by atoms with E-state index in [1.54, 1.807) is 36.5 Å². The third kappa shape index (κ3) is 10.4. The first-order chi connectivity index (χ1) is 25.3. The maximum atomic E-state index is 13.1. The van der Waals surface area contributed by atoms with Crippen molar-refractivity contribution in [2.75, 3.05) is 32.8 Å². The van der Waals surface area contributed by atoms with Gasteiger partial charge in [-0.2, -0.15) is 0 Å². The summed E-state index contributed by atoms with van der Waals surface area (Å²) in [4.78, 5) is 21.8. The van der Waals surface area contributed by atoms with Gasteiger partial charge >= 0.3 is 0 Å². The fourth-order valence-electron chi connectivity index (χ4n) is 5.96. The van der Waals surface area contributed by atoms with Gasteiger partial charge in [0.25, 0.3) is 0 Å². The van der Waals surface area contributed by atoms with Crippen LogP contribution in [0, 0.1) is 26.6 Å². The van der Waals surface area contributed by atoms with Gasteiger partial charge in [-0.25, -0.2) is 9.37 Å². The van der Waals surface area contributed by atoms with Crippen molar-refractivity contribution in [3.63, 3.8) is 0 Å². The molecule has 0 radical (unpaired) electrons. The summed E-state index contributed by atoms with van der Waals surface area (Å²) < 4.78 is 30.8. The Hall–Kier alpha value is -5.73. The SMILES string of the molecule is Cc1ccc(OC/C=C/c2ccc(CN3CCN(C(=O)/C=C/c4cc(C)c(Oc5ccc(OCc6ccc(F)cc6)cn5)c(C)c4)CC3)cc2)cc1. The molecule has 7 nitrogen and oxygen atoms in total. The van der Waals surface area contributed by atoms with Crippen LogP contribution in [-0.4, -0.2) is 53.5 Å². The molecule has 0 bridgehead atoms. The minimum absolute atomic E-state index is 0.0173. The molecule has 0 saturated carbocycles. The van der Waals surface area contributed by atoms with Gasteiger partial charge in [-0.15, -0.1) is 0 Å². The Bertz CT molecular complexity index is 1960. The van der Waals surface area contributed by atoms with Crippen molar-refractivity contribution >= 4 is 18.1 Å². The van der Waals surface area contributed by atoms with Crippen molar-refractivity contribution < 1.29 is 23.4 Å². The topological polar surface area (TPSA) is 64.1 Å². The number of rotatable bonds is 13. The van der Waals surface area contributed by atoms with Crippen molar-refractivity contribution in [3.8, 4) is 23.1 Å². The Labute approximate surface area is 305 Å². The zero-order valence-electron chi connectivity index (χ0n) is 29.9. The average Bonchev–Trinajstić information content (AvgIpc) is 3.16. The number of aromatic nitrogens is 1. The number of nitrogens with zero attached hydrogens (tertiary/aromatic N) is 3. The van der Waals surface area contributed by atoms with Crippen LogP contribution in [-0.2, 0) is 17.9 Å². The van der Waals surface area contributed by atoms with Crippen LogP contribution in [0.15, 0.2) is 115 Å². The normalized spacial score (nSPS) is 13.5. The number of benzene rings is 4. The Morgan fingerprint density at radius 2 is 1.42 bits per heavy atom. The predicted molar refractivity (Wildman–Crippen MR) is 204 cm³/mol. The largest absolute Gasteiger partial charge is 0.490 e. The molecule has 0 aliphatic carbocycles. The quantitative estimate of drug-likeness (QED) is 0.115. The predicted octanol–water partition coefficient (Wildman–Crippen LogP) is 8.97. The lowest BCUT2D eigenvalue weighted by atomic mass is 10.1. The van der Waals surface area contributed by atoms with Crippen LogP contribution >= 0.6 is 0 Å². The van der Waals surface area contributed by atoms with Gasteiger partial charge in [-0.3, -0.25) is 9.69 Å². The van der Waals surface area contributed by atoms with Crippen LogP contribution in [0.4, 0.5) is 4.39 Å². The van der Waals surface area contributed by atoms with Crippen molar-refractivity contribution in [2.45, 2.75) is 33.9 Å². The molecule has 266 valence electrons. The smallest absolute Gasteiger partial charge is 0.246 e. The molecule has 6 rings (SSSR count). The Balaban J connectivity index is 0.930. The van der Waals surface area contributed by atoms with Crippen LogP contribution in [0.2, 0.25) is 0 Å². The number of piperazine rings is 1. The molecule has 1 aromatic heterocycles. The molecule has 0 unspecified atom stereocenters. The van der Waals surface area contributed by atoms with Gasteiger partial charge in [0.1, 0.15) is 36.3 Å². The molecular formula is C44H44FN3O4. The molecule has 0 atom stereocenters. The van der Waals surface area contributed by atoms with Crippen molar-refractivity contribution in [3.05, 3.63) is 160 Å². The highest BCUT2D eigenvalue weighted by molar-refractivity contribution is 5.92. The van der Waals surface area contributed by atoms with E-state index in [9.17, 15) is 9.18 Å². The molecule has 1 fully saturated rings. The van der Waals surface area contributed by atoms with Crippen LogP contribution in [0.5, 0.6) is 23.1 Å². The lowest BCUT2D eigenvalue weighted by Crippen LogP contribution is -2.47. The van der Waals surface area contributed by atoms with E-state index in [1.165, 1.54) is 23.3 Å². The number of hydrogen-bond acceptors (Lipinski definition) is 6. The van der Waals surface area contributed by atoms with E-state index in [-0.39, 0.29) is 11.7 Å². The van der Waals surface area contributed by atoms with E-state index < -0.39 is 0 Å². The molecule has 4 aromatic carbocycles. The van der Waals surface area contributed by atoms with Gasteiger partial charge in [0.15, 0.2) is 0 Å². The molecule has 1 saturated heterocycles. The van der Waals surface area contributed by atoms with Gasteiger partial charge in [-0.05, 0) is 109 Å². The van der Waals surface area contributed by atoms with E-state index >= 15 is 0 Å². The minimum Gasteiger partial charge on any atom is -0.490 e. The molecule has 5 aromatic rings. The third-order valence-electron chi connectivity index (χ3n) is 8.88. The highest BCUT2D eigenvalue weighted by Crippen LogP contribution is 2.30. The second-order valence-electron chi connectivity index (χ2n) is 13.0. The first-order valence-corrected chi connectivity index (χ1v) is 17.5. The zero-order chi connectivity index (χ0) is 36.3. The summed E-state index contributed by atoms with van der Waals surface area (Å²) in [6.07, 6.45) is 9.24. The fourth-order valence-corrected chi connectivity index (χ4v) is 5.96. The van der Waals surface area contributed by atoms with Crippen LogP contribution in [0.1, 0.15) is 38.9 Å². The molecule has 0 N–H and O–H groups in total. The van der Waals surface area contributed by atoms with Crippen molar-refractivity contribution in [1.82, 2.24) is 14.8 Å². The second-order valence-corrected chi connectivity index (χ2v) is 13.0. The van der Waals surface area contributed by atoms with E-state index in [4.69, 9.17) is 14.2 Å². The van der Waals surface area contributed by atoms with Crippen molar-refractivity contribution in [1.29, 1.82) is 0 Å². The number of pyridine rings is 1. The van der Waals surface area contributed by atoms with E-state index in [0.29, 0.717) is 37.9 Å². The molecule has 8 heteroatoms. The summed E-state index contributed by atoms with van der Waals surface area (Å²) in [5, 5.41) is 0. The number of ether oxygens (including phenoxy) is 3. The number of aryl methyl sites for hydroxylation is 3. The van der Waals surface area contributed by atoms with Gasteiger partial charge in [-0.1, -0.05) is 60.2 Å². The Morgan fingerprint density at radius 3 is 2.10 bits per heavy atom. The molecule has 1 aliphatic heterocycles. The van der Waals surface area contributed by atoms with E-state index in [2.05, 4.69) is 47.1 Å². The molecule has 52 heavy (non-hydrogen) atoms. The zero-order valence-corrected chi connectivity index (χ0v) is 29.9. The van der Waals surface area contributed by atoms with Crippen molar-refractivity contribution in [2.24, 2.45) is 0 Å². The van der Waals surface area contributed by atoms with Gasteiger partial charge in [0.2, 0.25) is 11.8 Å². The summed E-state index contributed by atoms with van der Waals surface area (Å²) in [5.41, 5.74) is 7.29. The van der Waals surface area contributed by atoms with Crippen LogP contribution < -0.4 is 14.2 Å². The number of halogens is 1. The molecule has 1 amide bonds. The highest BCUT2D eigenvalue weighted by Gasteiger charge is 2.20. The molecule has 1 aliphatic rings. The average molecular weight is 698 g/mol. The lowest BCUT2D eigenvalue weighted by Gasteiger charge is -2.34. The van der Waals surface area contributed by atoms with E-state index in [1.807, 2.05) is 67.3 Å². The maximum Gasteiger partial charge on any atom is 0.246 e. The van der Waals surface area contributed by atoms with Gasteiger partial charge in [0.05, 0.1) is 6.20 Å². The van der Waals surface area contributed by atoms with Crippen LogP contribution in [0.25, 0.3) is 12.2 Å². The standard InChI is InChI=1S/C44H44FN3O4/c1-32-6-17-40(18-7-32)50-26-4-5-35-8-10-36(11-9-35)30-47-22-24-48(25-23-47)43(49)21-14-38-27-33(2)44(34(3)28-38)52-42-20-19-41(29-46-42)51-31-37-12-15-39(45)16-13-37/h4-21,27-29H,22-26,30-31H2,1-3H3/b5-4+,21-14+. The first-order valence-electron chi connectivity index (χ1n) is 17.5. The number of carbonyl (C=O) groups is 1. The summed E-state index contributed by atoms with van der Waals surface area (Å²) in [5.74, 6) is 2.37. The third-order valence-corrected chi connectivity index (χ3v) is 8.88. The highest BCUT2D eigenvalue weighted by atomic mass is 19.1. The first kappa shape index (κ1) is 36.1. The summed E-state index contributed by atoms with van der Waals surface area (Å²) >= 11 is 0. The maximum absolute atomic E-state index is 13.1. The second kappa shape index (κ2) is 17.5. The Kier molecular flexibility index (Phi) is 12.1. The summed E-state index contributed by atoms with van der Waals surface area (Å²) in [7, 11) is 0. The van der Waals surface area contributed by atoms with Gasteiger partial charge < -0.3 is 19.1 Å². The summed E-state index contributed by atoms with van der Waals surface area (Å²) in [6.45, 7) is 10.8. The lowest BCUT2D eigenvalue weighted by molar-refractivity contribution is -0.127. The minimum atomic E-state index is -0.278. The monoisotopic (exact) mass is 697 g/mol. The molecule has 0 spiro atoms. The van der Waals surface area contributed by atoms with E-state index in [0.717, 1.165) is 59.0 Å². The number of amides is 1. The fraction of sp³-hybridized carbons (Fsp3) is 0.227. The Morgan fingerprint density at radius 1 is 0.750 bits per heavy atom.